The SMILES string of the molecule is O=C1NC(=S)SC1=Cc1cc(I)cc(I)c1O. The lowest BCUT2D eigenvalue weighted by Crippen LogP contribution is -2.17. The van der Waals surface area contributed by atoms with Gasteiger partial charge in [-0.3, -0.25) is 4.79 Å². The second kappa shape index (κ2) is 5.41. The molecule has 88 valence electrons. The summed E-state index contributed by atoms with van der Waals surface area (Å²) in [4.78, 5) is 12.0. The minimum Gasteiger partial charge on any atom is -0.506 e. The molecule has 1 aliphatic rings. The zero-order chi connectivity index (χ0) is 12.6. The first-order valence-corrected chi connectivity index (χ1v) is 7.78. The average Bonchev–Trinajstić information content (AvgIpc) is 2.53. The van der Waals surface area contributed by atoms with Crippen molar-refractivity contribution >= 4 is 85.5 Å². The number of thiocarbonyl (C=S) groups is 1. The molecule has 3 nitrogen and oxygen atoms in total. The van der Waals surface area contributed by atoms with E-state index in [4.69, 9.17) is 12.2 Å². The molecule has 0 atom stereocenters. The van der Waals surface area contributed by atoms with Gasteiger partial charge in [0.1, 0.15) is 10.1 Å². The smallest absolute Gasteiger partial charge is 0.263 e. The number of carbonyl (C=O) groups is 1. The molecule has 0 unspecified atom stereocenters. The van der Waals surface area contributed by atoms with Gasteiger partial charge in [0.25, 0.3) is 5.91 Å². The van der Waals surface area contributed by atoms with Crippen LogP contribution < -0.4 is 5.32 Å². The van der Waals surface area contributed by atoms with E-state index in [2.05, 4.69) is 50.5 Å². The van der Waals surface area contributed by atoms with Gasteiger partial charge in [-0.1, -0.05) is 24.0 Å². The van der Waals surface area contributed by atoms with Crippen molar-refractivity contribution in [1.82, 2.24) is 5.32 Å². The highest BCUT2D eigenvalue weighted by atomic mass is 127. The van der Waals surface area contributed by atoms with Gasteiger partial charge in [0.2, 0.25) is 0 Å². The molecule has 2 rings (SSSR count). The van der Waals surface area contributed by atoms with Crippen molar-refractivity contribution in [2.75, 3.05) is 0 Å². The zero-order valence-corrected chi connectivity index (χ0v) is 14.1. The molecule has 0 radical (unpaired) electrons. The summed E-state index contributed by atoms with van der Waals surface area (Å²) in [6.45, 7) is 0. The van der Waals surface area contributed by atoms with E-state index in [-0.39, 0.29) is 11.7 Å². The number of halogens is 2. The van der Waals surface area contributed by atoms with Crippen LogP contribution in [-0.2, 0) is 4.79 Å². The van der Waals surface area contributed by atoms with E-state index >= 15 is 0 Å². The summed E-state index contributed by atoms with van der Waals surface area (Å²) in [7, 11) is 0. The quantitative estimate of drug-likeness (QED) is 0.362. The third kappa shape index (κ3) is 3.12. The van der Waals surface area contributed by atoms with Crippen molar-refractivity contribution in [2.45, 2.75) is 0 Å². The fourth-order valence-electron chi connectivity index (χ4n) is 1.26. The first-order chi connectivity index (χ1) is 7.97. The normalized spacial score (nSPS) is 17.6. The van der Waals surface area contributed by atoms with Crippen molar-refractivity contribution in [3.05, 3.63) is 29.7 Å². The Morgan fingerprint density at radius 3 is 2.71 bits per heavy atom. The van der Waals surface area contributed by atoms with Crippen LogP contribution in [0.5, 0.6) is 5.75 Å². The molecule has 0 bridgehead atoms. The van der Waals surface area contributed by atoms with Gasteiger partial charge in [-0.2, -0.15) is 0 Å². The number of amides is 1. The summed E-state index contributed by atoms with van der Waals surface area (Å²) in [6.07, 6.45) is 1.65. The summed E-state index contributed by atoms with van der Waals surface area (Å²) in [5, 5.41) is 12.4. The molecular weight excluding hydrogens is 484 g/mol. The summed E-state index contributed by atoms with van der Waals surface area (Å²) < 4.78 is 2.20. The fraction of sp³-hybridized carbons (Fsp3) is 0. The van der Waals surface area contributed by atoms with E-state index in [1.807, 2.05) is 12.1 Å². The number of hydrogen-bond donors (Lipinski definition) is 2. The maximum Gasteiger partial charge on any atom is 0.263 e. The van der Waals surface area contributed by atoms with E-state index in [0.29, 0.717) is 14.8 Å². The Balaban J connectivity index is 2.46. The standard InChI is InChI=1S/C10H5I2NO2S2/c11-5-1-4(8(14)6(12)3-5)2-7-9(15)13-10(16)17-7/h1-3,14H,(H,13,15,16). The largest absolute Gasteiger partial charge is 0.506 e. The van der Waals surface area contributed by atoms with Crippen molar-refractivity contribution < 1.29 is 9.90 Å². The molecular formula is C10H5I2NO2S2. The fourth-order valence-corrected chi connectivity index (χ4v) is 4.18. The zero-order valence-electron chi connectivity index (χ0n) is 8.16. The van der Waals surface area contributed by atoms with Crippen molar-refractivity contribution in [2.24, 2.45) is 0 Å². The number of aromatic hydroxyl groups is 1. The predicted molar refractivity (Wildman–Crippen MR) is 89.8 cm³/mol. The number of phenols is 1. The Labute approximate surface area is 135 Å². The minimum absolute atomic E-state index is 0.185. The number of hydrogen-bond acceptors (Lipinski definition) is 4. The Morgan fingerprint density at radius 2 is 2.12 bits per heavy atom. The van der Waals surface area contributed by atoms with Gasteiger partial charge in [0, 0.05) is 9.13 Å². The number of benzene rings is 1. The van der Waals surface area contributed by atoms with E-state index in [1.165, 1.54) is 11.8 Å². The van der Waals surface area contributed by atoms with Crippen molar-refractivity contribution in [3.63, 3.8) is 0 Å². The topological polar surface area (TPSA) is 49.3 Å². The van der Waals surface area contributed by atoms with Gasteiger partial charge in [0.15, 0.2) is 0 Å². The summed E-state index contributed by atoms with van der Waals surface area (Å²) in [6, 6.07) is 3.69. The third-order valence-electron chi connectivity index (χ3n) is 1.99. The maximum atomic E-state index is 11.5. The van der Waals surface area contributed by atoms with Crippen LogP contribution in [-0.4, -0.2) is 15.3 Å². The maximum absolute atomic E-state index is 11.5. The van der Waals surface area contributed by atoms with E-state index in [9.17, 15) is 9.90 Å². The predicted octanol–water partition coefficient (Wildman–Crippen LogP) is 3.09. The Hall–Kier alpha value is 0.130. The van der Waals surface area contributed by atoms with E-state index < -0.39 is 0 Å². The van der Waals surface area contributed by atoms with Gasteiger partial charge < -0.3 is 10.4 Å². The van der Waals surface area contributed by atoms with Crippen molar-refractivity contribution in [3.8, 4) is 5.75 Å². The van der Waals surface area contributed by atoms with Crippen LogP contribution in [0.4, 0.5) is 0 Å². The van der Waals surface area contributed by atoms with Crippen LogP contribution in [0.1, 0.15) is 5.56 Å². The number of nitrogens with one attached hydrogen (secondary N) is 1. The Morgan fingerprint density at radius 1 is 1.41 bits per heavy atom. The second-order valence-corrected chi connectivity index (χ2v) is 7.30. The van der Waals surface area contributed by atoms with Gasteiger partial charge in [0.05, 0.1) is 8.48 Å². The monoisotopic (exact) mass is 489 g/mol. The first-order valence-electron chi connectivity index (χ1n) is 4.40. The number of thioether (sulfide) groups is 1. The molecule has 17 heavy (non-hydrogen) atoms. The Bertz CT molecular complexity index is 557. The highest BCUT2D eigenvalue weighted by Crippen LogP contribution is 2.32. The molecule has 2 N–H and O–H groups in total. The van der Waals surface area contributed by atoms with Crippen LogP contribution in [0.3, 0.4) is 0 Å². The van der Waals surface area contributed by atoms with Crippen LogP contribution in [0, 0.1) is 7.14 Å². The molecule has 1 amide bonds. The molecule has 1 fully saturated rings. The highest BCUT2D eigenvalue weighted by molar-refractivity contribution is 14.1. The molecule has 1 aromatic carbocycles. The van der Waals surface area contributed by atoms with Crippen molar-refractivity contribution in [1.29, 1.82) is 0 Å². The van der Waals surface area contributed by atoms with Crippen LogP contribution in [0.15, 0.2) is 17.0 Å². The van der Waals surface area contributed by atoms with Gasteiger partial charge in [-0.05, 0) is 63.4 Å². The van der Waals surface area contributed by atoms with Crippen LogP contribution >= 0.6 is 69.2 Å². The lowest BCUT2D eigenvalue weighted by atomic mass is 10.2. The molecule has 0 saturated carbocycles. The third-order valence-corrected chi connectivity index (χ3v) is 4.59. The molecule has 0 aromatic heterocycles. The lowest BCUT2D eigenvalue weighted by molar-refractivity contribution is -0.115. The van der Waals surface area contributed by atoms with Crippen LogP contribution in [0.2, 0.25) is 0 Å². The minimum atomic E-state index is -0.215. The first kappa shape index (κ1) is 13.6. The number of carbonyl (C=O) groups excluding carboxylic acids is 1. The van der Waals surface area contributed by atoms with Gasteiger partial charge >= 0.3 is 0 Å². The van der Waals surface area contributed by atoms with Gasteiger partial charge in [-0.25, -0.2) is 0 Å². The van der Waals surface area contributed by atoms with Crippen LogP contribution in [0.25, 0.3) is 6.08 Å². The molecule has 0 aliphatic carbocycles. The number of rotatable bonds is 1. The molecule has 7 heteroatoms. The van der Waals surface area contributed by atoms with Gasteiger partial charge in [-0.15, -0.1) is 0 Å². The molecule has 1 heterocycles. The molecule has 0 spiro atoms. The summed E-state index contributed by atoms with van der Waals surface area (Å²) >= 11 is 10.3. The van der Waals surface area contributed by atoms with E-state index in [0.717, 1.165) is 7.14 Å². The molecule has 1 aliphatic heterocycles. The Kier molecular flexibility index (Phi) is 4.31. The second-order valence-electron chi connectivity index (χ2n) is 3.18. The highest BCUT2D eigenvalue weighted by Gasteiger charge is 2.22. The summed E-state index contributed by atoms with van der Waals surface area (Å²) in [5.74, 6) is -0.0296. The lowest BCUT2D eigenvalue weighted by Gasteiger charge is -2.03. The summed E-state index contributed by atoms with van der Waals surface area (Å²) in [5.41, 5.74) is 0.628. The molecule has 1 aromatic rings. The number of phenolic OH excluding ortho intramolecular Hbond substituents is 1. The average molecular weight is 489 g/mol. The molecule has 1 saturated heterocycles. The van der Waals surface area contributed by atoms with E-state index in [1.54, 1.807) is 6.08 Å².